The molecule has 0 radical (unpaired) electrons. The van der Waals surface area contributed by atoms with Gasteiger partial charge in [-0.3, -0.25) is 14.9 Å². The molecule has 2 aliphatic rings. The summed E-state index contributed by atoms with van der Waals surface area (Å²) < 4.78 is 41.9. The van der Waals surface area contributed by atoms with Gasteiger partial charge in [-0.05, 0) is 50.8 Å². The fraction of sp³-hybridized carbons (Fsp3) is 0.360. The Labute approximate surface area is 219 Å². The van der Waals surface area contributed by atoms with E-state index in [0.29, 0.717) is 37.2 Å². The summed E-state index contributed by atoms with van der Waals surface area (Å²) in [5.74, 6) is -0.449. The number of nitro groups is 1. The second-order valence-electron chi connectivity index (χ2n) is 9.26. The van der Waals surface area contributed by atoms with E-state index in [4.69, 9.17) is 9.47 Å². The standard InChI is InChI=1S/C25H27N5O7S/c1-16-23(24(31)26-15-20-8-5-13-36-20)27-29(18-6-3-2-4-7-18)25(16)37-21-12-11-19(30(32)33)14-22(21)38(34,35)28-17-9-10-17/h2-4,6-7,11-12,14,17,20,28H,5,8-10,13,15H2,1H3,(H,26,31)/t20-/m1/s1. The number of para-hydroxylation sites is 1. The Morgan fingerprint density at radius 3 is 2.63 bits per heavy atom. The van der Waals surface area contributed by atoms with E-state index in [1.807, 2.05) is 6.07 Å². The van der Waals surface area contributed by atoms with E-state index in [-0.39, 0.29) is 34.4 Å². The molecule has 1 atom stereocenters. The highest BCUT2D eigenvalue weighted by atomic mass is 32.2. The molecule has 1 amide bonds. The van der Waals surface area contributed by atoms with Crippen molar-refractivity contribution in [1.29, 1.82) is 0 Å². The first-order chi connectivity index (χ1) is 18.2. The van der Waals surface area contributed by atoms with Gasteiger partial charge < -0.3 is 14.8 Å². The van der Waals surface area contributed by atoms with Gasteiger partial charge in [0.05, 0.1) is 16.7 Å². The van der Waals surface area contributed by atoms with Gasteiger partial charge in [-0.1, -0.05) is 18.2 Å². The van der Waals surface area contributed by atoms with Gasteiger partial charge in [0.2, 0.25) is 15.9 Å². The van der Waals surface area contributed by atoms with E-state index < -0.39 is 26.5 Å². The van der Waals surface area contributed by atoms with Crippen LogP contribution < -0.4 is 14.8 Å². The van der Waals surface area contributed by atoms with Crippen LogP contribution in [0.1, 0.15) is 41.7 Å². The Morgan fingerprint density at radius 1 is 1.21 bits per heavy atom. The molecular formula is C25H27N5O7S. The van der Waals surface area contributed by atoms with Crippen molar-refractivity contribution in [3.8, 4) is 17.3 Å². The molecule has 2 N–H and O–H groups in total. The highest BCUT2D eigenvalue weighted by molar-refractivity contribution is 7.89. The van der Waals surface area contributed by atoms with Crippen molar-refractivity contribution < 1.29 is 27.6 Å². The third-order valence-corrected chi connectivity index (χ3v) is 7.87. The lowest BCUT2D eigenvalue weighted by Crippen LogP contribution is -2.32. The number of sulfonamides is 1. The summed E-state index contributed by atoms with van der Waals surface area (Å²) in [5.41, 5.74) is 0.655. The van der Waals surface area contributed by atoms with Gasteiger partial charge in [-0.25, -0.2) is 13.1 Å². The van der Waals surface area contributed by atoms with Crippen LogP contribution >= 0.6 is 0 Å². The molecule has 1 saturated carbocycles. The summed E-state index contributed by atoms with van der Waals surface area (Å²) in [6.45, 7) is 2.64. The number of nitrogens with zero attached hydrogens (tertiary/aromatic N) is 3. The Balaban J connectivity index is 1.54. The van der Waals surface area contributed by atoms with Gasteiger partial charge in [-0.2, -0.15) is 9.78 Å². The van der Waals surface area contributed by atoms with Gasteiger partial charge in [0.25, 0.3) is 11.6 Å². The number of ether oxygens (including phenoxy) is 2. The van der Waals surface area contributed by atoms with Crippen molar-refractivity contribution in [2.24, 2.45) is 0 Å². The van der Waals surface area contributed by atoms with Crippen molar-refractivity contribution in [3.63, 3.8) is 0 Å². The van der Waals surface area contributed by atoms with Crippen LogP contribution in [-0.2, 0) is 14.8 Å². The maximum absolute atomic E-state index is 13.1. The SMILES string of the molecule is Cc1c(C(=O)NC[C@H]2CCCO2)nn(-c2ccccc2)c1Oc1ccc([N+](=O)[O-])cc1S(=O)(=O)NC1CC1. The van der Waals surface area contributed by atoms with Crippen molar-refractivity contribution in [2.75, 3.05) is 13.2 Å². The molecule has 1 aliphatic heterocycles. The number of nitro benzene ring substituents is 1. The van der Waals surface area contributed by atoms with Crippen LogP contribution in [0.25, 0.3) is 5.69 Å². The highest BCUT2D eigenvalue weighted by Crippen LogP contribution is 2.36. The summed E-state index contributed by atoms with van der Waals surface area (Å²) in [6.07, 6.45) is 3.12. The zero-order chi connectivity index (χ0) is 26.9. The first kappa shape index (κ1) is 25.8. The molecule has 2 fully saturated rings. The average molecular weight is 542 g/mol. The number of aromatic nitrogens is 2. The van der Waals surface area contributed by atoms with Crippen molar-refractivity contribution in [1.82, 2.24) is 19.8 Å². The summed E-state index contributed by atoms with van der Waals surface area (Å²) in [6, 6.07) is 12.1. The van der Waals surface area contributed by atoms with Crippen LogP contribution in [0.3, 0.4) is 0 Å². The van der Waals surface area contributed by atoms with E-state index >= 15 is 0 Å². The molecule has 0 unspecified atom stereocenters. The van der Waals surface area contributed by atoms with Gasteiger partial charge in [-0.15, -0.1) is 0 Å². The molecule has 200 valence electrons. The Kier molecular flexibility index (Phi) is 7.15. The first-order valence-electron chi connectivity index (χ1n) is 12.3. The quantitative estimate of drug-likeness (QED) is 0.293. The average Bonchev–Trinajstić information content (AvgIpc) is 3.42. The van der Waals surface area contributed by atoms with Crippen LogP contribution in [0.4, 0.5) is 5.69 Å². The number of amides is 1. The maximum Gasteiger partial charge on any atom is 0.272 e. The fourth-order valence-electron chi connectivity index (χ4n) is 4.15. The predicted octanol–water partition coefficient (Wildman–Crippen LogP) is 3.23. The number of hydrogen-bond donors (Lipinski definition) is 2. The van der Waals surface area contributed by atoms with Gasteiger partial charge in [0.1, 0.15) is 10.6 Å². The molecule has 0 spiro atoms. The largest absolute Gasteiger partial charge is 0.437 e. The zero-order valence-electron chi connectivity index (χ0n) is 20.6. The minimum absolute atomic E-state index is 0.0574. The predicted molar refractivity (Wildman–Crippen MR) is 136 cm³/mol. The van der Waals surface area contributed by atoms with Crippen molar-refractivity contribution in [3.05, 3.63) is 69.9 Å². The summed E-state index contributed by atoms with van der Waals surface area (Å²) in [5, 5.41) is 18.7. The fourth-order valence-corrected chi connectivity index (χ4v) is 5.60. The van der Waals surface area contributed by atoms with Gasteiger partial charge in [0.15, 0.2) is 5.69 Å². The summed E-state index contributed by atoms with van der Waals surface area (Å²) in [4.78, 5) is 23.4. The number of hydrogen-bond acceptors (Lipinski definition) is 8. The second kappa shape index (κ2) is 10.5. The van der Waals surface area contributed by atoms with Crippen LogP contribution in [0.5, 0.6) is 11.6 Å². The number of non-ortho nitro benzene ring substituents is 1. The summed E-state index contributed by atoms with van der Waals surface area (Å²) in [7, 11) is -4.12. The molecule has 2 heterocycles. The minimum atomic E-state index is -4.12. The number of carbonyl (C=O) groups is 1. The third kappa shape index (κ3) is 5.54. The molecule has 1 aromatic heterocycles. The Bertz CT molecular complexity index is 1460. The van der Waals surface area contributed by atoms with Crippen molar-refractivity contribution in [2.45, 2.75) is 49.6 Å². The van der Waals surface area contributed by atoms with E-state index in [1.165, 1.54) is 16.8 Å². The molecule has 13 heteroatoms. The number of benzene rings is 2. The zero-order valence-corrected chi connectivity index (χ0v) is 21.4. The van der Waals surface area contributed by atoms with E-state index in [1.54, 1.807) is 31.2 Å². The minimum Gasteiger partial charge on any atom is -0.437 e. The molecule has 38 heavy (non-hydrogen) atoms. The lowest BCUT2D eigenvalue weighted by molar-refractivity contribution is -0.385. The molecule has 2 aromatic carbocycles. The molecule has 12 nitrogen and oxygen atoms in total. The Morgan fingerprint density at radius 2 is 1.97 bits per heavy atom. The lowest BCUT2D eigenvalue weighted by atomic mass is 10.2. The summed E-state index contributed by atoms with van der Waals surface area (Å²) >= 11 is 0. The topological polar surface area (TPSA) is 155 Å². The number of rotatable bonds is 10. The normalized spacial score (nSPS) is 17.3. The van der Waals surface area contributed by atoms with Crippen molar-refractivity contribution >= 4 is 21.6 Å². The molecule has 3 aromatic rings. The van der Waals surface area contributed by atoms with E-state index in [2.05, 4.69) is 15.1 Å². The first-order valence-corrected chi connectivity index (χ1v) is 13.7. The van der Waals surface area contributed by atoms with Crippen LogP contribution in [-0.4, -0.2) is 54.3 Å². The monoisotopic (exact) mass is 541 g/mol. The Hall–Kier alpha value is -3.81. The molecule has 1 saturated heterocycles. The number of carbonyl (C=O) groups excluding carboxylic acids is 1. The van der Waals surface area contributed by atoms with E-state index in [0.717, 1.165) is 18.9 Å². The number of nitrogens with one attached hydrogen (secondary N) is 2. The van der Waals surface area contributed by atoms with Gasteiger partial charge in [0, 0.05) is 36.9 Å². The molecule has 1 aliphatic carbocycles. The molecular weight excluding hydrogens is 514 g/mol. The maximum atomic E-state index is 13.1. The highest BCUT2D eigenvalue weighted by Gasteiger charge is 2.32. The van der Waals surface area contributed by atoms with Crippen LogP contribution in [0.2, 0.25) is 0 Å². The van der Waals surface area contributed by atoms with Gasteiger partial charge >= 0.3 is 0 Å². The van der Waals surface area contributed by atoms with E-state index in [9.17, 15) is 23.3 Å². The smallest absolute Gasteiger partial charge is 0.272 e. The third-order valence-electron chi connectivity index (χ3n) is 6.33. The second-order valence-corrected chi connectivity index (χ2v) is 10.9. The molecule has 5 rings (SSSR count). The van der Waals surface area contributed by atoms with Crippen LogP contribution in [0.15, 0.2) is 53.4 Å². The van der Waals surface area contributed by atoms with Crippen LogP contribution in [0, 0.1) is 17.0 Å². The molecule has 0 bridgehead atoms. The lowest BCUT2D eigenvalue weighted by Gasteiger charge is -2.14.